The van der Waals surface area contributed by atoms with Crippen molar-refractivity contribution in [2.75, 3.05) is 25.0 Å². The van der Waals surface area contributed by atoms with E-state index < -0.39 is 0 Å². The van der Waals surface area contributed by atoms with E-state index >= 15 is 0 Å². The van der Waals surface area contributed by atoms with Gasteiger partial charge in [0.25, 0.3) is 0 Å². The molecular weight excluding hydrogens is 312 g/mol. The number of nitrogens with zero attached hydrogens (tertiary/aromatic N) is 3. The zero-order valence-electron chi connectivity index (χ0n) is 13.3. The topological polar surface area (TPSA) is 50.2 Å². The van der Waals surface area contributed by atoms with Crippen LogP contribution in [0.2, 0.25) is 5.02 Å². The molecule has 23 heavy (non-hydrogen) atoms. The molecule has 122 valence electrons. The molecule has 1 aliphatic rings. The number of anilines is 1. The summed E-state index contributed by atoms with van der Waals surface area (Å²) in [6.45, 7) is 2.46. The summed E-state index contributed by atoms with van der Waals surface area (Å²) in [5, 5.41) is 8.10. The molecule has 0 aliphatic carbocycles. The predicted molar refractivity (Wildman–Crippen MR) is 92.6 cm³/mol. The lowest BCUT2D eigenvalue weighted by Gasteiger charge is -2.25. The van der Waals surface area contributed by atoms with E-state index in [2.05, 4.69) is 15.3 Å². The van der Waals surface area contributed by atoms with Crippen LogP contribution in [0, 0.1) is 0 Å². The number of aryl methyl sites for hydroxylation is 1. The standard InChI is InChI=1S/C17H21ClN4O/c1-21-16(19-17(23)12-22-9-3-2-4-10-22)11-15(20-21)13-5-7-14(18)8-6-13/h5-8,11H,2-4,9-10,12H2,1H3,(H,19,23). The summed E-state index contributed by atoms with van der Waals surface area (Å²) in [5.41, 5.74) is 1.79. The molecule has 2 heterocycles. The highest BCUT2D eigenvalue weighted by molar-refractivity contribution is 6.30. The second kappa shape index (κ2) is 7.15. The largest absolute Gasteiger partial charge is 0.310 e. The summed E-state index contributed by atoms with van der Waals surface area (Å²) in [6.07, 6.45) is 3.63. The molecule has 1 N–H and O–H groups in total. The van der Waals surface area contributed by atoms with E-state index in [0.29, 0.717) is 17.4 Å². The van der Waals surface area contributed by atoms with Gasteiger partial charge in [0.2, 0.25) is 5.91 Å². The Morgan fingerprint density at radius 3 is 2.61 bits per heavy atom. The van der Waals surface area contributed by atoms with Crippen molar-refractivity contribution in [3.8, 4) is 11.3 Å². The zero-order chi connectivity index (χ0) is 16.2. The van der Waals surface area contributed by atoms with E-state index in [9.17, 15) is 4.79 Å². The summed E-state index contributed by atoms with van der Waals surface area (Å²) in [7, 11) is 1.83. The lowest BCUT2D eigenvalue weighted by molar-refractivity contribution is -0.117. The molecule has 0 bridgehead atoms. The first-order valence-electron chi connectivity index (χ1n) is 7.94. The Balaban J connectivity index is 1.66. The van der Waals surface area contributed by atoms with E-state index in [1.807, 2.05) is 37.4 Å². The third kappa shape index (κ3) is 4.12. The maximum Gasteiger partial charge on any atom is 0.239 e. The van der Waals surface area contributed by atoms with Crippen molar-refractivity contribution in [1.82, 2.24) is 14.7 Å². The third-order valence-electron chi connectivity index (χ3n) is 4.10. The van der Waals surface area contributed by atoms with Gasteiger partial charge in [-0.2, -0.15) is 5.10 Å². The lowest BCUT2D eigenvalue weighted by Crippen LogP contribution is -2.37. The fourth-order valence-electron chi connectivity index (χ4n) is 2.85. The van der Waals surface area contributed by atoms with Gasteiger partial charge in [-0.3, -0.25) is 14.4 Å². The van der Waals surface area contributed by atoms with E-state index in [-0.39, 0.29) is 5.91 Å². The molecule has 1 aliphatic heterocycles. The van der Waals surface area contributed by atoms with Crippen molar-refractivity contribution < 1.29 is 4.79 Å². The predicted octanol–water partition coefficient (Wildman–Crippen LogP) is 3.16. The fourth-order valence-corrected chi connectivity index (χ4v) is 2.97. The molecule has 0 atom stereocenters. The van der Waals surface area contributed by atoms with Crippen LogP contribution >= 0.6 is 11.6 Å². The number of rotatable bonds is 4. The van der Waals surface area contributed by atoms with Gasteiger partial charge in [0.05, 0.1) is 12.2 Å². The number of amides is 1. The Labute approximate surface area is 141 Å². The number of nitrogens with one attached hydrogen (secondary N) is 1. The first-order chi connectivity index (χ1) is 11.1. The van der Waals surface area contributed by atoms with Gasteiger partial charge in [-0.15, -0.1) is 0 Å². The molecule has 1 fully saturated rings. The smallest absolute Gasteiger partial charge is 0.239 e. The summed E-state index contributed by atoms with van der Waals surface area (Å²) in [6, 6.07) is 9.39. The number of likely N-dealkylation sites (tertiary alicyclic amines) is 1. The molecule has 0 radical (unpaired) electrons. The maximum atomic E-state index is 12.2. The van der Waals surface area contributed by atoms with Gasteiger partial charge in [0.15, 0.2) is 0 Å². The Morgan fingerprint density at radius 1 is 1.22 bits per heavy atom. The normalized spacial score (nSPS) is 15.6. The van der Waals surface area contributed by atoms with Gasteiger partial charge in [-0.05, 0) is 38.1 Å². The molecular formula is C17H21ClN4O. The molecule has 1 aromatic carbocycles. The van der Waals surface area contributed by atoms with Gasteiger partial charge >= 0.3 is 0 Å². The number of carbonyl (C=O) groups is 1. The van der Waals surface area contributed by atoms with Crippen molar-refractivity contribution in [1.29, 1.82) is 0 Å². The minimum absolute atomic E-state index is 0.0116. The number of piperidine rings is 1. The molecule has 3 rings (SSSR count). The van der Waals surface area contributed by atoms with Crippen molar-refractivity contribution >= 4 is 23.3 Å². The van der Waals surface area contributed by atoms with Gasteiger partial charge in [-0.1, -0.05) is 30.2 Å². The van der Waals surface area contributed by atoms with E-state index in [1.54, 1.807) is 4.68 Å². The molecule has 1 aromatic heterocycles. The van der Waals surface area contributed by atoms with E-state index in [1.165, 1.54) is 19.3 Å². The Bertz CT molecular complexity index is 674. The molecule has 1 amide bonds. The van der Waals surface area contributed by atoms with E-state index in [0.717, 1.165) is 24.3 Å². The lowest BCUT2D eigenvalue weighted by atomic mass is 10.1. The number of aromatic nitrogens is 2. The summed E-state index contributed by atoms with van der Waals surface area (Å²) in [5.74, 6) is 0.717. The van der Waals surface area contributed by atoms with Gasteiger partial charge in [-0.25, -0.2) is 0 Å². The Kier molecular flexibility index (Phi) is 4.98. The average Bonchev–Trinajstić information content (AvgIpc) is 2.90. The zero-order valence-corrected chi connectivity index (χ0v) is 14.0. The van der Waals surface area contributed by atoms with Crippen LogP contribution in [0.5, 0.6) is 0 Å². The summed E-state index contributed by atoms with van der Waals surface area (Å²) < 4.78 is 1.69. The van der Waals surface area contributed by atoms with Crippen molar-refractivity contribution in [2.24, 2.45) is 7.05 Å². The number of halogens is 1. The van der Waals surface area contributed by atoms with Crippen LogP contribution in [-0.4, -0.2) is 40.2 Å². The number of hydrogen-bond acceptors (Lipinski definition) is 3. The quantitative estimate of drug-likeness (QED) is 0.935. The number of carbonyl (C=O) groups excluding carboxylic acids is 1. The van der Waals surface area contributed by atoms with Crippen LogP contribution < -0.4 is 5.32 Å². The van der Waals surface area contributed by atoms with Crippen LogP contribution in [0.3, 0.4) is 0 Å². The molecule has 5 nitrogen and oxygen atoms in total. The van der Waals surface area contributed by atoms with Gasteiger partial charge < -0.3 is 5.32 Å². The molecule has 6 heteroatoms. The minimum Gasteiger partial charge on any atom is -0.310 e. The van der Waals surface area contributed by atoms with Crippen LogP contribution in [-0.2, 0) is 11.8 Å². The van der Waals surface area contributed by atoms with Crippen molar-refractivity contribution in [3.63, 3.8) is 0 Å². The van der Waals surface area contributed by atoms with Crippen LogP contribution in [0.4, 0.5) is 5.82 Å². The molecule has 0 saturated carbocycles. The monoisotopic (exact) mass is 332 g/mol. The highest BCUT2D eigenvalue weighted by Crippen LogP contribution is 2.23. The molecule has 1 saturated heterocycles. The number of hydrogen-bond donors (Lipinski definition) is 1. The van der Waals surface area contributed by atoms with Gasteiger partial charge in [0.1, 0.15) is 5.82 Å². The van der Waals surface area contributed by atoms with Crippen LogP contribution in [0.1, 0.15) is 19.3 Å². The van der Waals surface area contributed by atoms with Crippen LogP contribution in [0.25, 0.3) is 11.3 Å². The minimum atomic E-state index is 0.0116. The fraction of sp³-hybridized carbons (Fsp3) is 0.412. The summed E-state index contributed by atoms with van der Waals surface area (Å²) >= 11 is 5.91. The maximum absolute atomic E-state index is 12.2. The van der Waals surface area contributed by atoms with Crippen molar-refractivity contribution in [2.45, 2.75) is 19.3 Å². The summed E-state index contributed by atoms with van der Waals surface area (Å²) in [4.78, 5) is 14.4. The highest BCUT2D eigenvalue weighted by atomic mass is 35.5. The Hall–Kier alpha value is -1.85. The second-order valence-electron chi connectivity index (χ2n) is 5.93. The van der Waals surface area contributed by atoms with Crippen molar-refractivity contribution in [3.05, 3.63) is 35.4 Å². The Morgan fingerprint density at radius 2 is 1.91 bits per heavy atom. The molecule has 0 spiro atoms. The van der Waals surface area contributed by atoms with Crippen LogP contribution in [0.15, 0.2) is 30.3 Å². The highest BCUT2D eigenvalue weighted by Gasteiger charge is 2.15. The van der Waals surface area contributed by atoms with E-state index in [4.69, 9.17) is 11.6 Å². The number of benzene rings is 1. The molecule has 0 unspecified atom stereocenters. The first-order valence-corrected chi connectivity index (χ1v) is 8.32. The first kappa shape index (κ1) is 16.0. The average molecular weight is 333 g/mol. The second-order valence-corrected chi connectivity index (χ2v) is 6.37. The third-order valence-corrected chi connectivity index (χ3v) is 4.36. The molecule has 2 aromatic rings. The SMILES string of the molecule is Cn1nc(-c2ccc(Cl)cc2)cc1NC(=O)CN1CCCCC1. The van der Waals surface area contributed by atoms with Gasteiger partial charge in [0, 0.05) is 23.7 Å².